The molecular weight excluding hydrogens is 272 g/mol. The van der Waals surface area contributed by atoms with Gasteiger partial charge in [-0.15, -0.1) is 0 Å². The molecule has 0 aromatic heterocycles. The molecule has 2 heteroatoms. The molecule has 0 saturated heterocycles. The van der Waals surface area contributed by atoms with Crippen molar-refractivity contribution in [2.45, 2.75) is 6.92 Å². The van der Waals surface area contributed by atoms with Gasteiger partial charge in [0, 0.05) is 6.92 Å². The average molecular weight is 284 g/mol. The molecule has 0 aliphatic rings. The predicted octanol–water partition coefficient (Wildman–Crippen LogP) is 4.72. The molecular formula is C20H12O2. The van der Waals surface area contributed by atoms with Gasteiger partial charge in [-0.05, 0) is 38.4 Å². The highest BCUT2D eigenvalue weighted by molar-refractivity contribution is 6.25. The molecule has 0 aliphatic carbocycles. The third-order valence-electron chi connectivity index (χ3n) is 3.99. The molecule has 0 unspecified atom stereocenters. The number of rotatable bonds is 1. The maximum atomic E-state index is 12.2. The number of carbonyl (C=O) groups excluding carboxylic acids is 1. The van der Waals surface area contributed by atoms with Crippen LogP contribution in [-0.4, -0.2) is 5.97 Å². The summed E-state index contributed by atoms with van der Waals surface area (Å²) in [6, 6.07) is 18.2. The van der Waals surface area contributed by atoms with Crippen LogP contribution in [0.1, 0.15) is 17.3 Å². The summed E-state index contributed by atoms with van der Waals surface area (Å²) in [6.07, 6.45) is 2.37. The van der Waals surface area contributed by atoms with Gasteiger partial charge in [0.05, 0.1) is 5.56 Å². The van der Waals surface area contributed by atoms with Gasteiger partial charge in [-0.1, -0.05) is 54.5 Å². The summed E-state index contributed by atoms with van der Waals surface area (Å²) in [6.45, 7) is 1.64. The van der Waals surface area contributed by atoms with Crippen LogP contribution in [0.4, 0.5) is 0 Å². The topological polar surface area (TPSA) is 26.3 Å². The highest BCUT2D eigenvalue weighted by Crippen LogP contribution is 2.35. The zero-order valence-electron chi connectivity index (χ0n) is 12.0. The zero-order chi connectivity index (χ0) is 15.1. The third kappa shape index (κ3) is 1.73. The maximum absolute atomic E-state index is 12.2. The highest BCUT2D eigenvalue weighted by Gasteiger charge is 2.15. The van der Waals surface area contributed by atoms with Crippen molar-refractivity contribution in [1.29, 1.82) is 0 Å². The lowest BCUT2D eigenvalue weighted by Crippen LogP contribution is -2.02. The fourth-order valence-corrected chi connectivity index (χ4v) is 3.07. The molecule has 104 valence electrons. The molecule has 22 heavy (non-hydrogen) atoms. The lowest BCUT2D eigenvalue weighted by Gasteiger charge is -2.12. The van der Waals surface area contributed by atoms with Crippen LogP contribution in [0.25, 0.3) is 32.3 Å². The number of esters is 1. The fourth-order valence-electron chi connectivity index (χ4n) is 3.07. The summed E-state index contributed by atoms with van der Waals surface area (Å²) in [7, 11) is 0. The molecule has 0 bridgehead atoms. The van der Waals surface area contributed by atoms with Gasteiger partial charge in [-0.25, -0.2) is 4.79 Å². The maximum Gasteiger partial charge on any atom is 0.352 e. The van der Waals surface area contributed by atoms with Gasteiger partial charge in [0.25, 0.3) is 0 Å². The SMILES string of the molecule is CC#COC(=O)c1ccc2ccc3cccc4ccc1c2c34. The second-order valence-electron chi connectivity index (χ2n) is 5.21. The van der Waals surface area contributed by atoms with Crippen LogP contribution < -0.4 is 0 Å². The van der Waals surface area contributed by atoms with Gasteiger partial charge in [0.15, 0.2) is 0 Å². The van der Waals surface area contributed by atoms with Crippen LogP contribution in [0.2, 0.25) is 0 Å². The Balaban J connectivity index is 2.12. The Bertz CT molecular complexity index is 1060. The van der Waals surface area contributed by atoms with Crippen molar-refractivity contribution >= 4 is 38.3 Å². The van der Waals surface area contributed by atoms with Crippen LogP contribution in [0.15, 0.2) is 54.6 Å². The van der Waals surface area contributed by atoms with E-state index in [1.165, 1.54) is 16.2 Å². The number of hydrogen-bond donors (Lipinski definition) is 0. The predicted molar refractivity (Wildman–Crippen MR) is 89.0 cm³/mol. The van der Waals surface area contributed by atoms with Crippen molar-refractivity contribution in [2.75, 3.05) is 0 Å². The van der Waals surface area contributed by atoms with Crippen LogP contribution in [0, 0.1) is 12.0 Å². The van der Waals surface area contributed by atoms with Gasteiger partial charge in [-0.3, -0.25) is 0 Å². The summed E-state index contributed by atoms with van der Waals surface area (Å²) >= 11 is 0. The summed E-state index contributed by atoms with van der Waals surface area (Å²) < 4.78 is 4.97. The first-order chi connectivity index (χ1) is 10.8. The first-order valence-corrected chi connectivity index (χ1v) is 7.09. The first-order valence-electron chi connectivity index (χ1n) is 7.09. The molecule has 0 atom stereocenters. The minimum Gasteiger partial charge on any atom is -0.369 e. The highest BCUT2D eigenvalue weighted by atomic mass is 16.5. The molecule has 0 spiro atoms. The van der Waals surface area contributed by atoms with Crippen LogP contribution in [-0.2, 0) is 4.74 Å². The van der Waals surface area contributed by atoms with E-state index in [1.54, 1.807) is 13.0 Å². The van der Waals surface area contributed by atoms with Gasteiger partial charge < -0.3 is 4.74 Å². The Hall–Kier alpha value is -3.05. The molecule has 4 rings (SSSR count). The molecule has 0 fully saturated rings. The lowest BCUT2D eigenvalue weighted by molar-refractivity contribution is 0.0692. The first kappa shape index (κ1) is 12.7. The number of hydrogen-bond acceptors (Lipinski definition) is 2. The van der Waals surface area contributed by atoms with Gasteiger partial charge >= 0.3 is 5.97 Å². The molecule has 0 radical (unpaired) electrons. The molecule has 4 aromatic carbocycles. The Morgan fingerprint density at radius 2 is 1.50 bits per heavy atom. The lowest BCUT2D eigenvalue weighted by atomic mass is 9.92. The van der Waals surface area contributed by atoms with E-state index in [1.807, 2.05) is 24.3 Å². The molecule has 0 N–H and O–H groups in total. The van der Waals surface area contributed by atoms with E-state index in [0.717, 1.165) is 16.2 Å². The molecule has 0 aliphatic heterocycles. The normalized spacial score (nSPS) is 10.8. The summed E-state index contributed by atoms with van der Waals surface area (Å²) in [5.74, 6) is 2.16. The van der Waals surface area contributed by atoms with Crippen LogP contribution in [0.3, 0.4) is 0 Å². The summed E-state index contributed by atoms with van der Waals surface area (Å²) in [5.41, 5.74) is 0.550. The molecule has 2 nitrogen and oxygen atoms in total. The second kappa shape index (κ2) is 4.75. The molecule has 0 amide bonds. The Morgan fingerprint density at radius 3 is 2.23 bits per heavy atom. The zero-order valence-corrected chi connectivity index (χ0v) is 12.0. The molecule has 0 saturated carbocycles. The van der Waals surface area contributed by atoms with E-state index in [2.05, 4.69) is 36.3 Å². The summed E-state index contributed by atoms with van der Waals surface area (Å²) in [4.78, 5) is 12.2. The van der Waals surface area contributed by atoms with E-state index < -0.39 is 5.97 Å². The molecule has 0 heterocycles. The largest absolute Gasteiger partial charge is 0.369 e. The minimum atomic E-state index is -0.410. The standard InChI is InChI=1S/C20H12O2/c1-2-12-22-20(21)17-11-9-15-7-6-13-4-3-5-14-8-10-16(17)19(15)18(13)14/h3-11H,1H3. The van der Waals surface area contributed by atoms with Gasteiger partial charge in [-0.2, -0.15) is 0 Å². The van der Waals surface area contributed by atoms with Gasteiger partial charge in [0.2, 0.25) is 0 Å². The quantitative estimate of drug-likeness (QED) is 0.287. The molecule has 4 aromatic rings. The van der Waals surface area contributed by atoms with Gasteiger partial charge in [0.1, 0.15) is 6.11 Å². The second-order valence-corrected chi connectivity index (χ2v) is 5.21. The van der Waals surface area contributed by atoms with Crippen molar-refractivity contribution in [2.24, 2.45) is 0 Å². The Morgan fingerprint density at radius 1 is 0.864 bits per heavy atom. The number of benzene rings is 4. The van der Waals surface area contributed by atoms with E-state index in [-0.39, 0.29) is 0 Å². The Labute approximate surface area is 127 Å². The minimum absolute atomic E-state index is 0.410. The number of ether oxygens (including phenoxy) is 1. The van der Waals surface area contributed by atoms with E-state index in [4.69, 9.17) is 4.74 Å². The van der Waals surface area contributed by atoms with E-state index >= 15 is 0 Å². The smallest absolute Gasteiger partial charge is 0.352 e. The van der Waals surface area contributed by atoms with Crippen molar-refractivity contribution < 1.29 is 9.53 Å². The Kier molecular flexibility index (Phi) is 2.74. The van der Waals surface area contributed by atoms with Crippen molar-refractivity contribution in [3.05, 3.63) is 60.2 Å². The van der Waals surface area contributed by atoms with Crippen LogP contribution in [0.5, 0.6) is 0 Å². The summed E-state index contributed by atoms with van der Waals surface area (Å²) in [5, 5.41) is 6.68. The monoisotopic (exact) mass is 284 g/mol. The van der Waals surface area contributed by atoms with E-state index in [0.29, 0.717) is 5.56 Å². The van der Waals surface area contributed by atoms with Crippen molar-refractivity contribution in [3.63, 3.8) is 0 Å². The van der Waals surface area contributed by atoms with Crippen LogP contribution >= 0.6 is 0 Å². The van der Waals surface area contributed by atoms with Crippen molar-refractivity contribution in [3.8, 4) is 12.0 Å². The fraction of sp³-hybridized carbons (Fsp3) is 0.0500. The van der Waals surface area contributed by atoms with Crippen molar-refractivity contribution in [1.82, 2.24) is 0 Å². The number of carbonyl (C=O) groups is 1. The average Bonchev–Trinajstić information content (AvgIpc) is 2.57. The van der Waals surface area contributed by atoms with E-state index in [9.17, 15) is 4.79 Å². The third-order valence-corrected chi connectivity index (χ3v) is 3.99.